The summed E-state index contributed by atoms with van der Waals surface area (Å²) in [5.74, 6) is 0.818. The zero-order valence-corrected chi connectivity index (χ0v) is 16.4. The van der Waals surface area contributed by atoms with E-state index in [1.165, 1.54) is 5.69 Å². The van der Waals surface area contributed by atoms with Gasteiger partial charge in [-0.25, -0.2) is 0 Å². The van der Waals surface area contributed by atoms with E-state index in [-0.39, 0.29) is 5.91 Å². The Balaban J connectivity index is 1.45. The zero-order valence-electron chi connectivity index (χ0n) is 16.4. The summed E-state index contributed by atoms with van der Waals surface area (Å²) in [7, 11) is 1.92. The molecule has 1 unspecified atom stereocenters. The van der Waals surface area contributed by atoms with Crippen molar-refractivity contribution in [2.45, 2.75) is 31.7 Å². The predicted octanol–water partition coefficient (Wildman–Crippen LogP) is 2.56. The number of benzene rings is 1. The summed E-state index contributed by atoms with van der Waals surface area (Å²) in [6, 6.07) is 9.21. The monoisotopic (exact) mass is 393 g/mol. The van der Waals surface area contributed by atoms with E-state index in [2.05, 4.69) is 15.2 Å². The Morgan fingerprint density at radius 3 is 2.86 bits per heavy atom. The molecule has 0 spiro atoms. The largest absolute Gasteiger partial charge is 0.377 e. The lowest BCUT2D eigenvalue weighted by molar-refractivity contribution is -0.00616. The van der Waals surface area contributed by atoms with E-state index in [4.69, 9.17) is 9.26 Å². The van der Waals surface area contributed by atoms with Crippen LogP contribution in [0.2, 0.25) is 0 Å². The lowest BCUT2D eigenvalue weighted by Gasteiger charge is -2.33. The second-order valence-electron chi connectivity index (χ2n) is 7.52. The molecule has 0 saturated carbocycles. The van der Waals surface area contributed by atoms with Gasteiger partial charge in [0, 0.05) is 30.4 Å². The van der Waals surface area contributed by atoms with Crippen LogP contribution >= 0.6 is 0 Å². The van der Waals surface area contributed by atoms with Crippen LogP contribution in [0.25, 0.3) is 11.5 Å². The third-order valence-electron chi connectivity index (χ3n) is 5.72. The molecular weight excluding hydrogens is 370 g/mol. The molecule has 1 aliphatic heterocycles. The zero-order chi connectivity index (χ0) is 19.8. The molecule has 2 aliphatic rings. The van der Waals surface area contributed by atoms with Crippen LogP contribution in [-0.2, 0) is 24.6 Å². The van der Waals surface area contributed by atoms with Gasteiger partial charge in [-0.2, -0.15) is 10.1 Å². The first-order valence-corrected chi connectivity index (χ1v) is 10.0. The number of rotatable bonds is 3. The topological polar surface area (TPSA) is 86.3 Å². The van der Waals surface area contributed by atoms with Gasteiger partial charge in [0.1, 0.15) is 6.04 Å². The number of carbonyl (C=O) groups is 1. The molecule has 1 fully saturated rings. The standard InChI is InChI=1S/C21H23N5O3/c1-25-16-10-6-5-9-15(16)18(23-25)21(27)26-11-12-28-13-17(26)19-22-20(29-24-19)14-7-3-2-4-8-14/h2-4,7-8,17H,5-6,9-13H2,1H3. The third-order valence-corrected chi connectivity index (χ3v) is 5.72. The van der Waals surface area contributed by atoms with Crippen molar-refractivity contribution in [2.75, 3.05) is 19.8 Å². The highest BCUT2D eigenvalue weighted by Gasteiger charge is 2.36. The molecule has 1 amide bonds. The molecule has 0 radical (unpaired) electrons. The van der Waals surface area contributed by atoms with Crippen molar-refractivity contribution in [3.8, 4) is 11.5 Å². The Bertz CT molecular complexity index is 1030. The van der Waals surface area contributed by atoms with Crippen LogP contribution in [0.15, 0.2) is 34.9 Å². The van der Waals surface area contributed by atoms with Crippen LogP contribution < -0.4 is 0 Å². The summed E-state index contributed by atoms with van der Waals surface area (Å²) < 4.78 is 13.0. The summed E-state index contributed by atoms with van der Waals surface area (Å²) in [5, 5.41) is 8.72. The van der Waals surface area contributed by atoms with E-state index >= 15 is 0 Å². The minimum absolute atomic E-state index is 0.0805. The maximum absolute atomic E-state index is 13.5. The molecule has 150 valence electrons. The molecule has 2 aromatic heterocycles. The Kier molecular flexibility index (Phi) is 4.63. The van der Waals surface area contributed by atoms with Gasteiger partial charge in [-0.05, 0) is 37.8 Å². The van der Waals surface area contributed by atoms with Gasteiger partial charge in [-0.3, -0.25) is 9.48 Å². The van der Waals surface area contributed by atoms with Crippen LogP contribution in [0.1, 0.15) is 46.5 Å². The maximum Gasteiger partial charge on any atom is 0.275 e. The van der Waals surface area contributed by atoms with Crippen molar-refractivity contribution >= 4 is 5.91 Å². The SMILES string of the molecule is Cn1nc(C(=O)N2CCOCC2c2noc(-c3ccccc3)n2)c2c1CCCC2. The number of ether oxygens (including phenoxy) is 1. The highest BCUT2D eigenvalue weighted by atomic mass is 16.5. The maximum atomic E-state index is 13.5. The molecular formula is C21H23N5O3. The average Bonchev–Trinajstić information content (AvgIpc) is 3.40. The van der Waals surface area contributed by atoms with E-state index in [1.807, 2.05) is 42.1 Å². The van der Waals surface area contributed by atoms with Crippen molar-refractivity contribution in [3.63, 3.8) is 0 Å². The number of fused-ring (bicyclic) bond motifs is 1. The van der Waals surface area contributed by atoms with Gasteiger partial charge >= 0.3 is 0 Å². The predicted molar refractivity (Wildman–Crippen MR) is 104 cm³/mol. The average molecular weight is 393 g/mol. The quantitative estimate of drug-likeness (QED) is 0.680. The van der Waals surface area contributed by atoms with Gasteiger partial charge in [-0.1, -0.05) is 23.4 Å². The van der Waals surface area contributed by atoms with E-state index in [9.17, 15) is 4.79 Å². The smallest absolute Gasteiger partial charge is 0.275 e. The van der Waals surface area contributed by atoms with Crippen LogP contribution in [0.4, 0.5) is 0 Å². The molecule has 3 heterocycles. The molecule has 1 saturated heterocycles. The summed E-state index contributed by atoms with van der Waals surface area (Å²) in [6.45, 7) is 1.30. The third kappa shape index (κ3) is 3.23. The summed E-state index contributed by atoms with van der Waals surface area (Å²) in [4.78, 5) is 19.8. The highest BCUT2D eigenvalue weighted by Crippen LogP contribution is 2.29. The van der Waals surface area contributed by atoms with Gasteiger partial charge < -0.3 is 14.2 Å². The van der Waals surface area contributed by atoms with Gasteiger partial charge in [0.15, 0.2) is 11.5 Å². The number of aromatic nitrogens is 4. The highest BCUT2D eigenvalue weighted by molar-refractivity contribution is 5.94. The minimum atomic E-state index is -0.390. The van der Waals surface area contributed by atoms with E-state index in [0.717, 1.165) is 36.8 Å². The number of morpholine rings is 1. The van der Waals surface area contributed by atoms with E-state index in [1.54, 1.807) is 4.90 Å². The molecule has 29 heavy (non-hydrogen) atoms. The van der Waals surface area contributed by atoms with Crippen molar-refractivity contribution in [3.05, 3.63) is 53.1 Å². The number of amides is 1. The lowest BCUT2D eigenvalue weighted by Crippen LogP contribution is -2.44. The Morgan fingerprint density at radius 1 is 1.17 bits per heavy atom. The normalized spacial score (nSPS) is 19.2. The van der Waals surface area contributed by atoms with Crippen molar-refractivity contribution < 1.29 is 14.1 Å². The van der Waals surface area contributed by atoms with Crippen molar-refractivity contribution in [2.24, 2.45) is 7.05 Å². The number of nitrogens with zero attached hydrogens (tertiary/aromatic N) is 5. The van der Waals surface area contributed by atoms with Crippen LogP contribution in [0, 0.1) is 0 Å². The molecule has 8 nitrogen and oxygen atoms in total. The molecule has 0 N–H and O–H groups in total. The second-order valence-corrected chi connectivity index (χ2v) is 7.52. The lowest BCUT2D eigenvalue weighted by atomic mass is 9.95. The first-order chi connectivity index (χ1) is 14.2. The van der Waals surface area contributed by atoms with E-state index < -0.39 is 6.04 Å². The first kappa shape index (κ1) is 18.1. The second kappa shape index (κ2) is 7.44. The molecule has 1 aromatic carbocycles. The van der Waals surface area contributed by atoms with Gasteiger partial charge in [-0.15, -0.1) is 0 Å². The van der Waals surface area contributed by atoms with Crippen LogP contribution in [-0.4, -0.2) is 50.5 Å². The number of carbonyl (C=O) groups excluding carboxylic acids is 1. The number of hydrogen-bond donors (Lipinski definition) is 0. The fraction of sp³-hybridized carbons (Fsp3) is 0.429. The number of aryl methyl sites for hydroxylation is 1. The molecule has 1 aliphatic carbocycles. The first-order valence-electron chi connectivity index (χ1n) is 10.0. The molecule has 5 rings (SSSR count). The molecule has 8 heteroatoms. The van der Waals surface area contributed by atoms with Gasteiger partial charge in [0.05, 0.1) is 13.2 Å². The summed E-state index contributed by atoms with van der Waals surface area (Å²) in [5.41, 5.74) is 3.67. The van der Waals surface area contributed by atoms with Gasteiger partial charge in [0.25, 0.3) is 11.8 Å². The van der Waals surface area contributed by atoms with E-state index in [0.29, 0.717) is 37.2 Å². The fourth-order valence-electron chi connectivity index (χ4n) is 4.21. The van der Waals surface area contributed by atoms with Crippen molar-refractivity contribution in [1.29, 1.82) is 0 Å². The number of hydrogen-bond acceptors (Lipinski definition) is 6. The summed E-state index contributed by atoms with van der Waals surface area (Å²) in [6.07, 6.45) is 4.12. The Hall–Kier alpha value is -3.00. The fourth-order valence-corrected chi connectivity index (χ4v) is 4.21. The van der Waals surface area contributed by atoms with Gasteiger partial charge in [0.2, 0.25) is 0 Å². The van der Waals surface area contributed by atoms with Crippen LogP contribution in [0.5, 0.6) is 0 Å². The molecule has 1 atom stereocenters. The molecule has 3 aromatic rings. The van der Waals surface area contributed by atoms with Crippen molar-refractivity contribution in [1.82, 2.24) is 24.8 Å². The molecule has 0 bridgehead atoms. The van der Waals surface area contributed by atoms with Crippen LogP contribution in [0.3, 0.4) is 0 Å². The summed E-state index contributed by atoms with van der Waals surface area (Å²) >= 11 is 0. The Labute approximate surface area is 168 Å². The Morgan fingerprint density at radius 2 is 2.00 bits per heavy atom. The minimum Gasteiger partial charge on any atom is -0.377 e.